The Balaban J connectivity index is 2.35. The van der Waals surface area contributed by atoms with Gasteiger partial charge < -0.3 is 14.4 Å². The van der Waals surface area contributed by atoms with E-state index in [1.165, 1.54) is 19.1 Å². The van der Waals surface area contributed by atoms with Crippen molar-refractivity contribution >= 4 is 21.8 Å². The van der Waals surface area contributed by atoms with E-state index in [1.807, 2.05) is 0 Å². The molecule has 110 valence electrons. The van der Waals surface area contributed by atoms with E-state index in [-0.39, 0.29) is 13.0 Å². The van der Waals surface area contributed by atoms with Gasteiger partial charge in [-0.3, -0.25) is 4.79 Å². The van der Waals surface area contributed by atoms with E-state index < -0.39 is 21.4 Å². The highest BCUT2D eigenvalue weighted by molar-refractivity contribution is 7.87. The molecule has 0 radical (unpaired) electrons. The quantitative estimate of drug-likeness (QED) is 0.779. The Morgan fingerprint density at radius 3 is 2.50 bits per heavy atom. The van der Waals surface area contributed by atoms with Crippen LogP contribution in [0.3, 0.4) is 0 Å². The Kier molecular flexibility index (Phi) is 3.85. The fourth-order valence-corrected chi connectivity index (χ4v) is 2.77. The van der Waals surface area contributed by atoms with E-state index in [2.05, 4.69) is 0 Å². The second-order valence-corrected chi connectivity index (χ2v) is 5.96. The first-order valence-electron chi connectivity index (χ1n) is 5.82. The summed E-state index contributed by atoms with van der Waals surface area (Å²) in [5.74, 6) is 0.432. The Morgan fingerprint density at radius 1 is 1.30 bits per heavy atom. The first kappa shape index (κ1) is 14.6. The highest BCUT2D eigenvalue weighted by Crippen LogP contribution is 2.35. The number of benzene rings is 1. The van der Waals surface area contributed by atoms with E-state index in [0.29, 0.717) is 17.2 Å². The Hall–Kier alpha value is -1.83. The maximum absolute atomic E-state index is 13.0. The summed E-state index contributed by atoms with van der Waals surface area (Å²) in [7, 11) is -1.83. The number of anilines is 1. The lowest BCUT2D eigenvalue weighted by Gasteiger charge is -2.19. The Morgan fingerprint density at radius 2 is 2.00 bits per heavy atom. The average Bonchev–Trinajstić information content (AvgIpc) is 2.80. The third-order valence-corrected chi connectivity index (χ3v) is 4.28. The number of ether oxygens (including phenoxy) is 2. The lowest BCUT2D eigenvalue weighted by molar-refractivity contribution is -0.117. The molecule has 6 nitrogen and oxygen atoms in total. The minimum Gasteiger partial charge on any atom is -0.497 e. The van der Waals surface area contributed by atoms with Crippen LogP contribution in [-0.4, -0.2) is 40.3 Å². The molecule has 0 saturated carbocycles. The second-order valence-electron chi connectivity index (χ2n) is 4.34. The summed E-state index contributed by atoms with van der Waals surface area (Å²) in [4.78, 5) is 13.1. The lowest BCUT2D eigenvalue weighted by atomic mass is 10.2. The zero-order valence-corrected chi connectivity index (χ0v) is 11.8. The molecule has 8 heteroatoms. The van der Waals surface area contributed by atoms with Crippen LogP contribution in [0.15, 0.2) is 18.2 Å². The number of methoxy groups -OCH3 is 2. The SMILES string of the molecule is COc1ccc(N2CC(S(=O)(=O)F)CC2=O)c(OC)c1. The number of nitrogens with zero attached hydrogens (tertiary/aromatic N) is 1. The normalized spacial score (nSPS) is 19.2. The highest BCUT2D eigenvalue weighted by Gasteiger charge is 2.39. The zero-order valence-electron chi connectivity index (χ0n) is 11.0. The van der Waals surface area contributed by atoms with Crippen LogP contribution >= 0.6 is 0 Å². The first-order valence-corrected chi connectivity index (χ1v) is 7.27. The second kappa shape index (κ2) is 5.28. The summed E-state index contributed by atoms with van der Waals surface area (Å²) in [5.41, 5.74) is 0.393. The number of hydrogen-bond donors (Lipinski definition) is 0. The van der Waals surface area contributed by atoms with Crippen molar-refractivity contribution in [2.45, 2.75) is 11.7 Å². The molecule has 1 aromatic rings. The van der Waals surface area contributed by atoms with Gasteiger partial charge in [0, 0.05) is 19.0 Å². The predicted octanol–water partition coefficient (Wildman–Crippen LogP) is 1.11. The summed E-state index contributed by atoms with van der Waals surface area (Å²) < 4.78 is 45.0. The molecule has 0 bridgehead atoms. The molecule has 2 rings (SSSR count). The van der Waals surface area contributed by atoms with Gasteiger partial charge in [0.15, 0.2) is 0 Å². The third-order valence-electron chi connectivity index (χ3n) is 3.17. The molecular formula is C12H14FNO5S. The van der Waals surface area contributed by atoms with Gasteiger partial charge in [-0.15, -0.1) is 3.89 Å². The molecule has 20 heavy (non-hydrogen) atoms. The summed E-state index contributed by atoms with van der Waals surface area (Å²) >= 11 is 0. The van der Waals surface area contributed by atoms with Gasteiger partial charge in [-0.25, -0.2) is 0 Å². The van der Waals surface area contributed by atoms with Crippen molar-refractivity contribution in [3.8, 4) is 11.5 Å². The van der Waals surface area contributed by atoms with E-state index in [9.17, 15) is 17.1 Å². The van der Waals surface area contributed by atoms with E-state index >= 15 is 0 Å². The summed E-state index contributed by atoms with van der Waals surface area (Å²) in [6.07, 6.45) is -0.367. The fourth-order valence-electron chi connectivity index (χ4n) is 2.10. The summed E-state index contributed by atoms with van der Waals surface area (Å²) in [6, 6.07) is 4.76. The van der Waals surface area contributed by atoms with Gasteiger partial charge in [-0.05, 0) is 12.1 Å². The molecular weight excluding hydrogens is 289 g/mol. The molecule has 1 amide bonds. The molecule has 0 N–H and O–H groups in total. The van der Waals surface area contributed by atoms with Crippen LogP contribution in [0, 0.1) is 0 Å². The van der Waals surface area contributed by atoms with Gasteiger partial charge in [0.25, 0.3) is 0 Å². The van der Waals surface area contributed by atoms with Gasteiger partial charge in [0.1, 0.15) is 16.7 Å². The topological polar surface area (TPSA) is 72.9 Å². The molecule has 1 fully saturated rings. The van der Waals surface area contributed by atoms with Crippen molar-refractivity contribution in [2.24, 2.45) is 0 Å². The van der Waals surface area contributed by atoms with E-state index in [1.54, 1.807) is 18.2 Å². The highest BCUT2D eigenvalue weighted by atomic mass is 32.3. The average molecular weight is 303 g/mol. The number of amides is 1. The minimum absolute atomic E-state index is 0.222. The lowest BCUT2D eigenvalue weighted by Crippen LogP contribution is -2.27. The summed E-state index contributed by atoms with van der Waals surface area (Å²) in [6.45, 7) is -0.222. The van der Waals surface area contributed by atoms with Gasteiger partial charge in [0.05, 0.1) is 19.9 Å². The van der Waals surface area contributed by atoms with Gasteiger partial charge in [-0.1, -0.05) is 0 Å². The molecule has 0 aliphatic carbocycles. The number of halogens is 1. The van der Waals surface area contributed by atoms with Crippen molar-refractivity contribution in [3.63, 3.8) is 0 Å². The molecule has 1 unspecified atom stereocenters. The van der Waals surface area contributed by atoms with Crippen molar-refractivity contribution < 1.29 is 26.6 Å². The van der Waals surface area contributed by atoms with Crippen LogP contribution in [0.25, 0.3) is 0 Å². The molecule has 1 aliphatic rings. The van der Waals surface area contributed by atoms with Crippen LogP contribution in [0.2, 0.25) is 0 Å². The standard InChI is InChI=1S/C12H14FNO5S/c1-18-8-3-4-10(11(5-8)19-2)14-7-9(6-12(14)15)20(13,16)17/h3-5,9H,6-7H2,1-2H3. The molecule has 1 heterocycles. The van der Waals surface area contributed by atoms with Crippen molar-refractivity contribution in [1.82, 2.24) is 0 Å². The number of hydrogen-bond acceptors (Lipinski definition) is 5. The Bertz CT molecular complexity index is 631. The third kappa shape index (κ3) is 2.69. The molecule has 0 spiro atoms. The number of carbonyl (C=O) groups is 1. The maximum Gasteiger partial charge on any atom is 0.307 e. The van der Waals surface area contributed by atoms with E-state index in [0.717, 1.165) is 0 Å². The fraction of sp³-hybridized carbons (Fsp3) is 0.417. The molecule has 1 aliphatic heterocycles. The maximum atomic E-state index is 13.0. The zero-order chi connectivity index (χ0) is 14.9. The molecule has 1 atom stereocenters. The smallest absolute Gasteiger partial charge is 0.307 e. The summed E-state index contributed by atoms with van der Waals surface area (Å²) in [5, 5.41) is -1.33. The van der Waals surface area contributed by atoms with Crippen molar-refractivity contribution in [2.75, 3.05) is 25.7 Å². The number of carbonyl (C=O) groups excluding carboxylic acids is 1. The van der Waals surface area contributed by atoms with Crippen LogP contribution in [0.5, 0.6) is 11.5 Å². The first-order chi connectivity index (χ1) is 9.36. The van der Waals surface area contributed by atoms with Gasteiger partial charge in [0.2, 0.25) is 5.91 Å². The monoisotopic (exact) mass is 303 g/mol. The number of rotatable bonds is 4. The molecule has 1 saturated heterocycles. The van der Waals surface area contributed by atoms with Crippen molar-refractivity contribution in [1.29, 1.82) is 0 Å². The van der Waals surface area contributed by atoms with Gasteiger partial charge in [-0.2, -0.15) is 8.42 Å². The van der Waals surface area contributed by atoms with Crippen molar-refractivity contribution in [3.05, 3.63) is 18.2 Å². The largest absolute Gasteiger partial charge is 0.497 e. The van der Waals surface area contributed by atoms with Crippen LogP contribution in [-0.2, 0) is 15.0 Å². The molecule has 0 aromatic heterocycles. The Labute approximate surface area is 116 Å². The van der Waals surface area contributed by atoms with Gasteiger partial charge >= 0.3 is 10.2 Å². The van der Waals surface area contributed by atoms with Crippen LogP contribution < -0.4 is 14.4 Å². The van der Waals surface area contributed by atoms with E-state index in [4.69, 9.17) is 9.47 Å². The van der Waals surface area contributed by atoms with Crippen LogP contribution in [0.4, 0.5) is 9.57 Å². The predicted molar refractivity (Wildman–Crippen MR) is 70.3 cm³/mol. The van der Waals surface area contributed by atoms with Crippen LogP contribution in [0.1, 0.15) is 6.42 Å². The molecule has 1 aromatic carbocycles. The minimum atomic E-state index is -4.74.